The van der Waals surface area contributed by atoms with E-state index in [2.05, 4.69) is 30.9 Å². The van der Waals surface area contributed by atoms with Gasteiger partial charge in [-0.05, 0) is 67.6 Å². The number of carbonyl (C=O) groups excluding carboxylic acids is 1. The number of hydrogen-bond acceptors (Lipinski definition) is 4. The molecule has 0 spiro atoms. The number of aliphatic hydroxyl groups is 1. The SMILES string of the molecule is C[Si](C)(C)C.O=C(OC1COC(O)(C(F)(F)F)C1(F)F)C1CC2CC1C1C3CCC(C3)C21. The molecule has 1 aliphatic heterocycles. The number of esters is 1. The number of alkyl halides is 5. The second kappa shape index (κ2) is 7.63. The minimum atomic E-state index is -5.69. The van der Waals surface area contributed by atoms with Crippen molar-refractivity contribution in [3.8, 4) is 0 Å². The molecule has 4 nitrogen and oxygen atoms in total. The van der Waals surface area contributed by atoms with E-state index in [9.17, 15) is 31.9 Å². The van der Waals surface area contributed by atoms with Gasteiger partial charge in [0.05, 0.1) is 12.5 Å². The van der Waals surface area contributed by atoms with E-state index in [1.165, 1.54) is 12.8 Å². The van der Waals surface area contributed by atoms with E-state index >= 15 is 0 Å². The summed E-state index contributed by atoms with van der Waals surface area (Å²) in [6.07, 6.45) is -3.14. The largest absolute Gasteiger partial charge is 0.453 e. The Hall–Kier alpha value is -0.743. The Kier molecular flexibility index (Phi) is 5.81. The molecule has 9 unspecified atom stereocenters. The van der Waals surface area contributed by atoms with Gasteiger partial charge in [0.15, 0.2) is 6.10 Å². The average Bonchev–Trinajstić information content (AvgIpc) is 3.42. The highest BCUT2D eigenvalue weighted by Gasteiger charge is 2.78. The summed E-state index contributed by atoms with van der Waals surface area (Å²) in [6, 6.07) is 0. The average molecular weight is 485 g/mol. The Morgan fingerprint density at radius 1 is 1.00 bits per heavy atom. The molecule has 5 fully saturated rings. The van der Waals surface area contributed by atoms with E-state index in [1.54, 1.807) is 0 Å². The Morgan fingerprint density at radius 2 is 1.56 bits per heavy atom. The summed E-state index contributed by atoms with van der Waals surface area (Å²) < 4.78 is 75.5. The summed E-state index contributed by atoms with van der Waals surface area (Å²) in [6.45, 7) is 8.12. The number of rotatable bonds is 2. The van der Waals surface area contributed by atoms with Crippen LogP contribution in [0.25, 0.3) is 0 Å². The zero-order valence-corrected chi connectivity index (χ0v) is 19.9. The third-order valence-electron chi connectivity index (χ3n) is 7.98. The second-order valence-electron chi connectivity index (χ2n) is 12.0. The van der Waals surface area contributed by atoms with Crippen LogP contribution < -0.4 is 0 Å². The van der Waals surface area contributed by atoms with Crippen LogP contribution in [0.5, 0.6) is 0 Å². The summed E-state index contributed by atoms with van der Waals surface area (Å²) in [5.74, 6) is -7.99. The van der Waals surface area contributed by atoms with Crippen molar-refractivity contribution in [2.45, 2.75) is 82.3 Å². The van der Waals surface area contributed by atoms with E-state index in [0.29, 0.717) is 36.0 Å². The summed E-state index contributed by atoms with van der Waals surface area (Å²) in [5, 5.41) is 9.32. The Bertz CT molecular complexity index is 748. The lowest BCUT2D eigenvalue weighted by atomic mass is 9.67. The predicted molar refractivity (Wildman–Crippen MR) is 109 cm³/mol. The lowest BCUT2D eigenvalue weighted by molar-refractivity contribution is -0.405. The minimum absolute atomic E-state index is 0.0836. The first-order chi connectivity index (χ1) is 14.5. The maximum absolute atomic E-state index is 14.2. The number of hydrogen-bond donors (Lipinski definition) is 1. The molecular weight excluding hydrogens is 451 g/mol. The van der Waals surface area contributed by atoms with E-state index in [-0.39, 0.29) is 5.92 Å². The summed E-state index contributed by atoms with van der Waals surface area (Å²) in [4.78, 5) is 12.6. The van der Waals surface area contributed by atoms with Crippen LogP contribution in [0, 0.1) is 41.4 Å². The summed E-state index contributed by atoms with van der Waals surface area (Å²) >= 11 is 0. The predicted octanol–water partition coefficient (Wildman–Crippen LogP) is 5.09. The molecule has 0 aromatic heterocycles. The van der Waals surface area contributed by atoms with Gasteiger partial charge in [0.2, 0.25) is 0 Å². The van der Waals surface area contributed by atoms with Gasteiger partial charge in [-0.3, -0.25) is 4.79 Å². The molecule has 4 aliphatic carbocycles. The topological polar surface area (TPSA) is 55.8 Å². The molecule has 4 saturated carbocycles. The van der Waals surface area contributed by atoms with Crippen LogP contribution in [0.1, 0.15) is 32.1 Å². The van der Waals surface area contributed by atoms with Gasteiger partial charge in [0, 0.05) is 8.07 Å². The Labute approximate surface area is 186 Å². The third kappa shape index (κ3) is 3.81. The smallest absolute Gasteiger partial charge is 0.449 e. The quantitative estimate of drug-likeness (QED) is 0.257. The maximum atomic E-state index is 14.2. The van der Waals surface area contributed by atoms with Gasteiger partial charge in [-0.2, -0.15) is 22.0 Å². The standard InChI is InChI=1S/C18H21F5O4.C4H12Si/c19-16(20)12(6-26-17(16,25)18(21,22)23)27-15(24)11-5-9-4-10(11)14-8-2-1-7(3-8)13(9)14;1-5(2,3)4/h7-14,25H,1-6H2;1-4H3. The Balaban J connectivity index is 0.000000444. The Morgan fingerprint density at radius 3 is 2.09 bits per heavy atom. The first-order valence-corrected chi connectivity index (χ1v) is 15.6. The number of halogens is 5. The van der Waals surface area contributed by atoms with Crippen LogP contribution in [0.4, 0.5) is 22.0 Å². The fourth-order valence-electron chi connectivity index (χ4n) is 7.06. The molecule has 32 heavy (non-hydrogen) atoms. The van der Waals surface area contributed by atoms with Crippen LogP contribution in [0.2, 0.25) is 26.2 Å². The van der Waals surface area contributed by atoms with E-state index < -0.39 is 50.6 Å². The molecule has 5 rings (SSSR count). The molecule has 9 atom stereocenters. The molecule has 4 bridgehead atoms. The van der Waals surface area contributed by atoms with Crippen LogP contribution >= 0.6 is 0 Å². The van der Waals surface area contributed by atoms with Crippen molar-refractivity contribution in [2.24, 2.45) is 41.4 Å². The molecule has 1 N–H and O–H groups in total. The van der Waals surface area contributed by atoms with Crippen molar-refractivity contribution < 1.29 is 41.3 Å². The zero-order chi connectivity index (χ0) is 23.9. The second-order valence-corrected chi connectivity index (χ2v) is 18.0. The van der Waals surface area contributed by atoms with Crippen LogP contribution in [0.3, 0.4) is 0 Å². The van der Waals surface area contributed by atoms with Gasteiger partial charge in [-0.15, -0.1) is 0 Å². The van der Waals surface area contributed by atoms with Gasteiger partial charge in [0.1, 0.15) is 0 Å². The molecule has 10 heteroatoms. The van der Waals surface area contributed by atoms with E-state index in [0.717, 1.165) is 12.8 Å². The van der Waals surface area contributed by atoms with Crippen molar-refractivity contribution in [3.63, 3.8) is 0 Å². The van der Waals surface area contributed by atoms with Crippen molar-refractivity contribution in [3.05, 3.63) is 0 Å². The van der Waals surface area contributed by atoms with Crippen molar-refractivity contribution >= 4 is 14.0 Å². The van der Waals surface area contributed by atoms with E-state index in [4.69, 9.17) is 4.74 Å². The highest BCUT2D eigenvalue weighted by molar-refractivity contribution is 6.74. The van der Waals surface area contributed by atoms with Gasteiger partial charge < -0.3 is 14.6 Å². The molecule has 184 valence electrons. The third-order valence-corrected chi connectivity index (χ3v) is 7.98. The van der Waals surface area contributed by atoms with Gasteiger partial charge >= 0.3 is 23.9 Å². The normalized spacial score (nSPS) is 46.1. The lowest BCUT2D eigenvalue weighted by Gasteiger charge is -2.38. The van der Waals surface area contributed by atoms with Crippen LogP contribution in [-0.4, -0.2) is 49.7 Å². The fraction of sp³-hybridized carbons (Fsp3) is 0.955. The lowest BCUT2D eigenvalue weighted by Crippen LogP contribution is -2.59. The molecule has 0 aromatic rings. The van der Waals surface area contributed by atoms with Crippen molar-refractivity contribution in [1.29, 1.82) is 0 Å². The minimum Gasteiger partial charge on any atom is -0.453 e. The van der Waals surface area contributed by atoms with Gasteiger partial charge in [0.25, 0.3) is 0 Å². The molecule has 0 radical (unpaired) electrons. The monoisotopic (exact) mass is 484 g/mol. The maximum Gasteiger partial charge on any atom is 0.449 e. The highest BCUT2D eigenvalue weighted by atomic mass is 28.3. The van der Waals surface area contributed by atoms with Crippen LogP contribution in [-0.2, 0) is 14.3 Å². The first-order valence-electron chi connectivity index (χ1n) is 11.6. The molecule has 1 saturated heterocycles. The van der Waals surface area contributed by atoms with Crippen molar-refractivity contribution in [1.82, 2.24) is 0 Å². The molecule has 1 heterocycles. The molecule has 0 aromatic carbocycles. The highest BCUT2D eigenvalue weighted by Crippen LogP contribution is 2.69. The molecule has 5 aliphatic rings. The summed E-state index contributed by atoms with van der Waals surface area (Å²) in [5.41, 5.74) is 0. The molecule has 0 amide bonds. The summed E-state index contributed by atoms with van der Waals surface area (Å²) in [7, 11) is -0.611. The van der Waals surface area contributed by atoms with Gasteiger partial charge in [-0.25, -0.2) is 0 Å². The van der Waals surface area contributed by atoms with Gasteiger partial charge in [-0.1, -0.05) is 26.2 Å². The number of ether oxygens (including phenoxy) is 2. The number of fused-ring (bicyclic) bond motifs is 9. The van der Waals surface area contributed by atoms with Crippen molar-refractivity contribution in [2.75, 3.05) is 6.61 Å². The fourth-order valence-corrected chi connectivity index (χ4v) is 7.06. The van der Waals surface area contributed by atoms with E-state index in [1.807, 2.05) is 0 Å². The number of carbonyl (C=O) groups is 1. The first kappa shape index (κ1) is 24.4. The molecular formula is C22H33F5O4Si. The zero-order valence-electron chi connectivity index (χ0n) is 18.9. The van der Waals surface area contributed by atoms with Crippen LogP contribution in [0.15, 0.2) is 0 Å².